The lowest BCUT2D eigenvalue weighted by atomic mass is 10.1. The van der Waals surface area contributed by atoms with Crippen molar-refractivity contribution in [3.05, 3.63) is 28.6 Å². The average Bonchev–Trinajstić information content (AvgIpc) is 2.48. The molecule has 9 heteroatoms. The molecule has 0 aliphatic carbocycles. The van der Waals surface area contributed by atoms with Crippen LogP contribution in [0.5, 0.6) is 0 Å². The van der Waals surface area contributed by atoms with Crippen molar-refractivity contribution < 1.29 is 23.1 Å². The van der Waals surface area contributed by atoms with Crippen LogP contribution in [-0.4, -0.2) is 29.1 Å². The van der Waals surface area contributed by atoms with Crippen LogP contribution < -0.4 is 5.32 Å². The van der Waals surface area contributed by atoms with Gasteiger partial charge in [-0.3, -0.25) is 0 Å². The molecule has 1 aromatic rings. The van der Waals surface area contributed by atoms with Gasteiger partial charge < -0.3 is 10.4 Å². The van der Waals surface area contributed by atoms with Gasteiger partial charge in [0.15, 0.2) is 17.5 Å². The number of hydrogen-bond donors (Lipinski definition) is 2. The van der Waals surface area contributed by atoms with E-state index in [4.69, 9.17) is 15.6 Å². The van der Waals surface area contributed by atoms with E-state index < -0.39 is 46.3 Å². The molecule has 0 saturated heterocycles. The van der Waals surface area contributed by atoms with Gasteiger partial charge >= 0.3 is 5.97 Å². The summed E-state index contributed by atoms with van der Waals surface area (Å²) in [5.74, 6) is -5.92. The molecular weight excluding hydrogens is 319 g/mol. The van der Waals surface area contributed by atoms with Gasteiger partial charge in [0.2, 0.25) is 0 Å². The fourth-order valence-corrected chi connectivity index (χ4v) is 2.14. The van der Waals surface area contributed by atoms with E-state index >= 15 is 0 Å². The van der Waals surface area contributed by atoms with E-state index in [0.717, 1.165) is 6.07 Å². The van der Waals surface area contributed by atoms with Crippen molar-refractivity contribution in [1.82, 2.24) is 0 Å². The van der Waals surface area contributed by atoms with Crippen molar-refractivity contribution in [2.24, 2.45) is 0 Å². The van der Waals surface area contributed by atoms with Crippen molar-refractivity contribution >= 4 is 23.4 Å². The lowest BCUT2D eigenvalue weighted by Gasteiger charge is -2.17. The zero-order chi connectivity index (χ0) is 16.9. The predicted octanol–water partition coefficient (Wildman–Crippen LogP) is 2.47. The Labute approximate surface area is 128 Å². The van der Waals surface area contributed by atoms with E-state index in [9.17, 15) is 18.0 Å². The van der Waals surface area contributed by atoms with Crippen LogP contribution in [0.3, 0.4) is 0 Å². The Morgan fingerprint density at radius 2 is 1.82 bits per heavy atom. The Kier molecular flexibility index (Phi) is 6.08. The monoisotopic (exact) mass is 329 g/mol. The third-order valence-corrected chi connectivity index (χ3v) is 3.42. The molecule has 116 valence electrons. The molecule has 2 N–H and O–H groups in total. The average molecular weight is 329 g/mol. The molecule has 5 nitrogen and oxygen atoms in total. The van der Waals surface area contributed by atoms with Crippen molar-refractivity contribution in [3.63, 3.8) is 0 Å². The smallest absolute Gasteiger partial charge is 0.326 e. The molecule has 0 bridgehead atoms. The molecule has 0 aliphatic heterocycles. The fraction of sp³-hybridized carbons (Fsp3) is 0.308. The lowest BCUT2D eigenvalue weighted by molar-refractivity contribution is -0.137. The number of carbonyl (C=O) groups is 1. The van der Waals surface area contributed by atoms with Gasteiger partial charge in [-0.05, 0) is 18.4 Å². The van der Waals surface area contributed by atoms with Gasteiger partial charge in [0.1, 0.15) is 29.3 Å². The lowest BCUT2D eigenvalue weighted by Crippen LogP contribution is -2.31. The largest absolute Gasteiger partial charge is 0.480 e. The summed E-state index contributed by atoms with van der Waals surface area (Å²) in [6.07, 6.45) is 1.77. The molecule has 0 spiro atoms. The van der Waals surface area contributed by atoms with E-state index in [1.807, 2.05) is 0 Å². The highest BCUT2D eigenvalue weighted by atomic mass is 32.2. The normalized spacial score (nSPS) is 11.4. The minimum Gasteiger partial charge on any atom is -0.480 e. The highest BCUT2D eigenvalue weighted by Crippen LogP contribution is 2.29. The molecule has 0 heterocycles. The number of carboxylic acid groups (broad SMARTS) is 1. The van der Waals surface area contributed by atoms with Gasteiger partial charge in [-0.1, -0.05) is 0 Å². The van der Waals surface area contributed by atoms with Crippen LogP contribution in [0.4, 0.5) is 18.9 Å². The second kappa shape index (κ2) is 7.57. The number of halogens is 3. The molecule has 0 radical (unpaired) electrons. The molecule has 1 aromatic carbocycles. The van der Waals surface area contributed by atoms with E-state index in [1.165, 1.54) is 17.8 Å². The number of rotatable bonds is 6. The van der Waals surface area contributed by atoms with Crippen LogP contribution in [0.1, 0.15) is 17.5 Å². The Morgan fingerprint density at radius 1 is 1.23 bits per heavy atom. The summed E-state index contributed by atoms with van der Waals surface area (Å²) < 4.78 is 41.4. The Hall–Kier alpha value is -2.39. The van der Waals surface area contributed by atoms with Gasteiger partial charge in [0, 0.05) is 0 Å². The topological polar surface area (TPSA) is 96.9 Å². The number of carboxylic acids is 1. The summed E-state index contributed by atoms with van der Waals surface area (Å²) in [4.78, 5) is 11.1. The van der Waals surface area contributed by atoms with Gasteiger partial charge in [0.25, 0.3) is 0 Å². The predicted molar refractivity (Wildman–Crippen MR) is 73.8 cm³/mol. The number of anilines is 1. The summed E-state index contributed by atoms with van der Waals surface area (Å²) >= 11 is 1.33. The van der Waals surface area contributed by atoms with E-state index in [0.29, 0.717) is 5.75 Å². The number of nitriles is 2. The number of thioether (sulfide) groups is 1. The molecule has 1 atom stereocenters. The molecule has 1 unspecified atom stereocenters. The summed E-state index contributed by atoms with van der Waals surface area (Å²) in [5.41, 5.74) is -3.06. The van der Waals surface area contributed by atoms with E-state index in [1.54, 1.807) is 6.26 Å². The maximum Gasteiger partial charge on any atom is 0.326 e. The molecule has 0 saturated carbocycles. The quantitative estimate of drug-likeness (QED) is 0.778. The van der Waals surface area contributed by atoms with Crippen LogP contribution in [0.2, 0.25) is 0 Å². The number of benzene rings is 1. The molecule has 0 amide bonds. The highest BCUT2D eigenvalue weighted by Gasteiger charge is 2.28. The van der Waals surface area contributed by atoms with E-state index in [2.05, 4.69) is 5.32 Å². The fourth-order valence-electron chi connectivity index (χ4n) is 1.67. The first-order chi connectivity index (χ1) is 10.4. The Bertz CT molecular complexity index is 683. The number of aliphatic carboxylic acids is 1. The highest BCUT2D eigenvalue weighted by molar-refractivity contribution is 7.98. The second-order valence-electron chi connectivity index (χ2n) is 4.11. The third-order valence-electron chi connectivity index (χ3n) is 2.77. The first kappa shape index (κ1) is 17.7. The van der Waals surface area contributed by atoms with Crippen molar-refractivity contribution in [2.45, 2.75) is 12.5 Å². The molecule has 0 aromatic heterocycles. The molecule has 0 fully saturated rings. The van der Waals surface area contributed by atoms with Crippen LogP contribution in [0.25, 0.3) is 0 Å². The van der Waals surface area contributed by atoms with Gasteiger partial charge in [-0.25, -0.2) is 18.0 Å². The summed E-state index contributed by atoms with van der Waals surface area (Å²) in [6.45, 7) is 0. The number of nitrogens with one attached hydrogen (secondary N) is 1. The molecule has 0 aliphatic rings. The maximum absolute atomic E-state index is 13.9. The van der Waals surface area contributed by atoms with Crippen LogP contribution in [0, 0.1) is 40.1 Å². The van der Waals surface area contributed by atoms with Gasteiger partial charge in [-0.15, -0.1) is 0 Å². The number of hydrogen-bond acceptors (Lipinski definition) is 5. The summed E-state index contributed by atoms with van der Waals surface area (Å²) in [6, 6.07) is 1.11. The molecule has 22 heavy (non-hydrogen) atoms. The van der Waals surface area contributed by atoms with Crippen LogP contribution >= 0.6 is 11.8 Å². The molecule has 1 rings (SSSR count). The second-order valence-corrected chi connectivity index (χ2v) is 5.09. The maximum atomic E-state index is 13.9. The van der Waals surface area contributed by atoms with E-state index in [-0.39, 0.29) is 6.42 Å². The Morgan fingerprint density at radius 3 is 2.27 bits per heavy atom. The minimum absolute atomic E-state index is 0.0457. The van der Waals surface area contributed by atoms with Gasteiger partial charge in [-0.2, -0.15) is 22.3 Å². The SMILES string of the molecule is CSCCC(Nc1c(F)c(F)c(C#N)c(F)c1C#N)C(=O)O. The zero-order valence-electron chi connectivity index (χ0n) is 11.3. The van der Waals surface area contributed by atoms with Crippen molar-refractivity contribution in [3.8, 4) is 12.1 Å². The third kappa shape index (κ3) is 3.43. The van der Waals surface area contributed by atoms with Crippen LogP contribution in [-0.2, 0) is 4.79 Å². The van der Waals surface area contributed by atoms with Crippen LogP contribution in [0.15, 0.2) is 0 Å². The summed E-state index contributed by atoms with van der Waals surface area (Å²) in [5, 5.41) is 28.7. The first-order valence-electron chi connectivity index (χ1n) is 5.87. The zero-order valence-corrected chi connectivity index (χ0v) is 12.1. The Balaban J connectivity index is 3.39. The standard InChI is InChI=1S/C13H10F3N3O2S/c1-22-3-2-8(13(20)21)19-12-7(5-18)9(14)6(4-17)10(15)11(12)16/h8,19H,2-3H2,1H3,(H,20,21). The van der Waals surface area contributed by atoms with Crippen molar-refractivity contribution in [1.29, 1.82) is 10.5 Å². The number of nitrogens with zero attached hydrogens (tertiary/aromatic N) is 2. The van der Waals surface area contributed by atoms with Crippen molar-refractivity contribution in [2.75, 3.05) is 17.3 Å². The van der Waals surface area contributed by atoms with Gasteiger partial charge in [0.05, 0.1) is 5.69 Å². The summed E-state index contributed by atoms with van der Waals surface area (Å²) in [7, 11) is 0. The molecular formula is C13H10F3N3O2S. The minimum atomic E-state index is -1.77. The first-order valence-corrected chi connectivity index (χ1v) is 7.27.